The van der Waals surface area contributed by atoms with Crippen molar-refractivity contribution in [2.24, 2.45) is 5.92 Å². The molecule has 1 spiro atoms. The number of ether oxygens (including phenoxy) is 1. The lowest BCUT2D eigenvalue weighted by Gasteiger charge is -2.40. The number of carbonyl (C=O) groups is 1. The summed E-state index contributed by atoms with van der Waals surface area (Å²) >= 11 is 0. The summed E-state index contributed by atoms with van der Waals surface area (Å²) in [6.45, 7) is 6.19. The Hall–Kier alpha value is -3.61. The molecule has 0 N–H and O–H groups in total. The predicted octanol–water partition coefficient (Wildman–Crippen LogP) is 4.83. The Morgan fingerprint density at radius 3 is 2.69 bits per heavy atom. The van der Waals surface area contributed by atoms with E-state index in [1.165, 1.54) is 17.4 Å². The Morgan fingerprint density at radius 1 is 1.20 bits per heavy atom. The van der Waals surface area contributed by atoms with Gasteiger partial charge in [-0.25, -0.2) is 23.5 Å². The van der Waals surface area contributed by atoms with Crippen molar-refractivity contribution in [3.8, 4) is 6.07 Å². The molecule has 1 saturated carbocycles. The fourth-order valence-corrected chi connectivity index (χ4v) is 4.89. The zero-order chi connectivity index (χ0) is 25.0. The van der Waals surface area contributed by atoms with E-state index in [9.17, 15) is 10.1 Å². The van der Waals surface area contributed by atoms with Gasteiger partial charge in [-0.05, 0) is 31.0 Å². The van der Waals surface area contributed by atoms with Gasteiger partial charge in [0.05, 0.1) is 53.6 Å². The van der Waals surface area contributed by atoms with E-state index in [4.69, 9.17) is 4.74 Å². The van der Waals surface area contributed by atoms with E-state index in [2.05, 4.69) is 21.0 Å². The predicted molar refractivity (Wildman–Crippen MR) is 124 cm³/mol. The number of nitriles is 1. The van der Waals surface area contributed by atoms with E-state index >= 15 is 8.78 Å². The van der Waals surface area contributed by atoms with E-state index in [-0.39, 0.29) is 37.8 Å². The Bertz CT molecular complexity index is 1320. The molecule has 2 aromatic heterocycles. The molecule has 0 radical (unpaired) electrons. The van der Waals surface area contributed by atoms with Gasteiger partial charge in [-0.3, -0.25) is 9.88 Å². The third-order valence-corrected chi connectivity index (χ3v) is 6.95. The van der Waals surface area contributed by atoms with E-state index in [0.717, 1.165) is 5.69 Å². The van der Waals surface area contributed by atoms with Gasteiger partial charge >= 0.3 is 6.09 Å². The van der Waals surface area contributed by atoms with Crippen molar-refractivity contribution < 1.29 is 18.3 Å². The molecule has 1 aliphatic carbocycles. The Balaban J connectivity index is 1.38. The number of nitrogens with zero attached hydrogens (tertiary/aromatic N) is 6. The lowest BCUT2D eigenvalue weighted by atomic mass is 9.75. The van der Waals surface area contributed by atoms with Gasteiger partial charge in [0.1, 0.15) is 5.60 Å². The van der Waals surface area contributed by atoms with Gasteiger partial charge < -0.3 is 9.30 Å². The number of hydrogen-bond acceptors (Lipinski definition) is 6. The number of anilines is 1. The van der Waals surface area contributed by atoms with Gasteiger partial charge in [0.2, 0.25) is 0 Å². The van der Waals surface area contributed by atoms with Crippen molar-refractivity contribution in [2.75, 3.05) is 11.4 Å². The van der Waals surface area contributed by atoms with Crippen LogP contribution >= 0.6 is 0 Å². The number of rotatable bonds is 3. The molecule has 1 aliphatic heterocycles. The lowest BCUT2D eigenvalue weighted by Crippen LogP contribution is -2.48. The first kappa shape index (κ1) is 23.1. The topological polar surface area (TPSA) is 96.9 Å². The van der Waals surface area contributed by atoms with Gasteiger partial charge in [0.25, 0.3) is 5.92 Å². The summed E-state index contributed by atoms with van der Waals surface area (Å²) in [5.74, 6) is -3.65. The molecule has 10 heteroatoms. The Kier molecular flexibility index (Phi) is 5.27. The van der Waals surface area contributed by atoms with Crippen LogP contribution in [0.15, 0.2) is 36.9 Å². The minimum absolute atomic E-state index is 0.00221. The molecule has 35 heavy (non-hydrogen) atoms. The standard InChI is InChI=1S/C25H26F2N6O2/c1-23(2,3)20-11-30-21(12-29-20)33-14-24(35-22(33)34)6-7-25(26,27)17(9-24)13-32-15-31-18-5-4-16(10-28)8-19(18)32/h4-5,8,11-12,15,17H,6-7,9,13-14H2,1-3H3/t17?,24-/m0/s1. The number of imidazole rings is 1. The third-order valence-electron chi connectivity index (χ3n) is 6.95. The number of amides is 1. The second kappa shape index (κ2) is 7.97. The largest absolute Gasteiger partial charge is 0.441 e. The maximum Gasteiger partial charge on any atom is 0.416 e. The minimum atomic E-state index is -2.93. The number of fused-ring (bicyclic) bond motifs is 1. The Labute approximate surface area is 201 Å². The van der Waals surface area contributed by atoms with E-state index in [1.54, 1.807) is 29.0 Å². The highest BCUT2D eigenvalue weighted by molar-refractivity contribution is 5.89. The molecule has 5 rings (SSSR count). The zero-order valence-electron chi connectivity index (χ0n) is 19.8. The van der Waals surface area contributed by atoms with Crippen LogP contribution in [0.25, 0.3) is 11.0 Å². The molecule has 3 aromatic rings. The minimum Gasteiger partial charge on any atom is -0.441 e. The first-order valence-corrected chi connectivity index (χ1v) is 11.6. The molecule has 3 heterocycles. The normalized spacial score (nSPS) is 24.1. The summed E-state index contributed by atoms with van der Waals surface area (Å²) in [5.41, 5.74) is 1.26. The summed E-state index contributed by atoms with van der Waals surface area (Å²) in [4.78, 5) is 27.2. The summed E-state index contributed by atoms with van der Waals surface area (Å²) in [6, 6.07) is 7.07. The van der Waals surface area contributed by atoms with Crippen molar-refractivity contribution in [2.45, 2.75) is 63.5 Å². The number of alkyl halides is 2. The number of carbonyl (C=O) groups excluding carboxylic acids is 1. The van der Waals surface area contributed by atoms with E-state index in [0.29, 0.717) is 22.4 Å². The second-order valence-electron chi connectivity index (χ2n) is 10.5. The average Bonchev–Trinajstić information content (AvgIpc) is 3.36. The maximum absolute atomic E-state index is 15.1. The monoisotopic (exact) mass is 480 g/mol. The van der Waals surface area contributed by atoms with E-state index in [1.807, 2.05) is 20.8 Å². The molecule has 182 valence electrons. The molecule has 2 aliphatic rings. The van der Waals surface area contributed by atoms with Crippen LogP contribution in [0.4, 0.5) is 19.4 Å². The van der Waals surface area contributed by atoms with Crippen LogP contribution in [0.1, 0.15) is 51.3 Å². The van der Waals surface area contributed by atoms with Gasteiger partial charge in [-0.2, -0.15) is 5.26 Å². The number of aromatic nitrogens is 4. The number of halogens is 2. The van der Waals surface area contributed by atoms with Gasteiger partial charge in [0, 0.05) is 24.3 Å². The van der Waals surface area contributed by atoms with Crippen LogP contribution in [-0.2, 0) is 16.7 Å². The summed E-state index contributed by atoms with van der Waals surface area (Å²) < 4.78 is 37.5. The Morgan fingerprint density at radius 2 is 2.00 bits per heavy atom. The van der Waals surface area contributed by atoms with Crippen LogP contribution in [-0.4, -0.2) is 43.7 Å². The molecule has 1 amide bonds. The fraction of sp³-hybridized carbons (Fsp3) is 0.480. The summed E-state index contributed by atoms with van der Waals surface area (Å²) in [6.07, 6.45) is 3.76. The molecule has 8 nitrogen and oxygen atoms in total. The highest BCUT2D eigenvalue weighted by Gasteiger charge is 2.56. The first-order chi connectivity index (χ1) is 16.5. The molecule has 1 unspecified atom stereocenters. The molecule has 2 atom stereocenters. The van der Waals surface area contributed by atoms with Crippen molar-refractivity contribution in [1.82, 2.24) is 19.5 Å². The van der Waals surface area contributed by atoms with Gasteiger partial charge in [-0.15, -0.1) is 0 Å². The van der Waals surface area contributed by atoms with Crippen molar-refractivity contribution in [1.29, 1.82) is 5.26 Å². The molecule has 0 bridgehead atoms. The first-order valence-electron chi connectivity index (χ1n) is 11.6. The summed E-state index contributed by atoms with van der Waals surface area (Å²) in [7, 11) is 0. The maximum atomic E-state index is 15.1. The third kappa shape index (κ3) is 4.20. The van der Waals surface area contributed by atoms with Gasteiger partial charge in [0.15, 0.2) is 5.82 Å². The molecule has 1 aromatic carbocycles. The highest BCUT2D eigenvalue weighted by atomic mass is 19.3. The van der Waals surface area contributed by atoms with Crippen LogP contribution in [0, 0.1) is 17.2 Å². The number of hydrogen-bond donors (Lipinski definition) is 0. The quantitative estimate of drug-likeness (QED) is 0.533. The van der Waals surface area contributed by atoms with Crippen LogP contribution in [0.5, 0.6) is 0 Å². The second-order valence-corrected chi connectivity index (χ2v) is 10.5. The molecular weight excluding hydrogens is 454 g/mol. The van der Waals surface area contributed by atoms with Gasteiger partial charge in [-0.1, -0.05) is 20.8 Å². The highest BCUT2D eigenvalue weighted by Crippen LogP contribution is 2.48. The molecule has 1 saturated heterocycles. The van der Waals surface area contributed by atoms with Crippen LogP contribution in [0.3, 0.4) is 0 Å². The average molecular weight is 481 g/mol. The molecular formula is C25H26F2N6O2. The van der Waals surface area contributed by atoms with E-state index < -0.39 is 23.5 Å². The zero-order valence-corrected chi connectivity index (χ0v) is 19.8. The van der Waals surface area contributed by atoms with Crippen molar-refractivity contribution in [3.05, 3.63) is 48.2 Å². The van der Waals surface area contributed by atoms with Crippen molar-refractivity contribution in [3.63, 3.8) is 0 Å². The lowest BCUT2D eigenvalue weighted by molar-refractivity contribution is -0.139. The smallest absolute Gasteiger partial charge is 0.416 e. The summed E-state index contributed by atoms with van der Waals surface area (Å²) in [5, 5.41) is 9.21. The van der Waals surface area contributed by atoms with Crippen LogP contribution < -0.4 is 4.90 Å². The van der Waals surface area contributed by atoms with Crippen LogP contribution in [0.2, 0.25) is 0 Å². The number of benzene rings is 1. The molecule has 2 fully saturated rings. The SMILES string of the molecule is CC(C)(C)c1cnc(N2C[C@@]3(CCC(F)(F)C(Cn4cnc5ccc(C#N)cc54)C3)OC2=O)cn1. The van der Waals surface area contributed by atoms with Crippen molar-refractivity contribution >= 4 is 22.9 Å². The fourth-order valence-electron chi connectivity index (χ4n) is 4.89.